The summed E-state index contributed by atoms with van der Waals surface area (Å²) in [6.45, 7) is 7.06. The van der Waals surface area contributed by atoms with Crippen LogP contribution in [-0.2, 0) is 10.0 Å². The molecular weight excluding hydrogens is 236 g/mol. The van der Waals surface area contributed by atoms with Crippen LogP contribution in [0.25, 0.3) is 0 Å². The van der Waals surface area contributed by atoms with Crippen LogP contribution in [0.3, 0.4) is 0 Å². The molecule has 0 saturated carbocycles. The van der Waals surface area contributed by atoms with Crippen molar-refractivity contribution in [3.8, 4) is 0 Å². The van der Waals surface area contributed by atoms with E-state index in [9.17, 15) is 8.42 Å². The fraction of sp³-hybridized carbons (Fsp3) is 0.500. The molecule has 0 aromatic heterocycles. The van der Waals surface area contributed by atoms with Crippen molar-refractivity contribution >= 4 is 15.7 Å². The van der Waals surface area contributed by atoms with Crippen LogP contribution in [0.4, 0.5) is 5.69 Å². The summed E-state index contributed by atoms with van der Waals surface area (Å²) in [5, 5.41) is 8.33. The van der Waals surface area contributed by atoms with Gasteiger partial charge in [-0.1, -0.05) is 19.9 Å². The third-order valence-corrected chi connectivity index (χ3v) is 3.49. The van der Waals surface area contributed by atoms with Gasteiger partial charge in [-0.15, -0.1) is 0 Å². The maximum absolute atomic E-state index is 11.2. The van der Waals surface area contributed by atoms with Crippen LogP contribution in [0, 0.1) is 12.8 Å². The van der Waals surface area contributed by atoms with Crippen molar-refractivity contribution in [1.29, 1.82) is 0 Å². The van der Waals surface area contributed by atoms with Crippen LogP contribution in [0.15, 0.2) is 23.1 Å². The van der Waals surface area contributed by atoms with Gasteiger partial charge in [-0.3, -0.25) is 0 Å². The molecule has 3 N–H and O–H groups in total. The Kier molecular flexibility index (Phi) is 4.54. The second-order valence-corrected chi connectivity index (χ2v) is 6.19. The maximum Gasteiger partial charge on any atom is 0.238 e. The fourth-order valence-corrected chi connectivity index (χ4v) is 2.00. The Balaban J connectivity index is 2.84. The third-order valence-electron chi connectivity index (χ3n) is 2.57. The standard InChI is InChI=1S/C12H20N2O2S/c1-9(2)6-7-14-12-8-11(17(13,15)16)5-4-10(12)3/h4-5,8-9,14H,6-7H2,1-3H3,(H2,13,15,16). The van der Waals surface area contributed by atoms with E-state index in [2.05, 4.69) is 19.2 Å². The molecule has 1 aromatic carbocycles. The van der Waals surface area contributed by atoms with Gasteiger partial charge < -0.3 is 5.32 Å². The highest BCUT2D eigenvalue weighted by molar-refractivity contribution is 7.89. The first-order valence-electron chi connectivity index (χ1n) is 5.68. The van der Waals surface area contributed by atoms with Crippen molar-refractivity contribution in [3.63, 3.8) is 0 Å². The number of benzene rings is 1. The van der Waals surface area contributed by atoms with Crippen LogP contribution in [0.5, 0.6) is 0 Å². The third kappa shape index (κ3) is 4.36. The summed E-state index contributed by atoms with van der Waals surface area (Å²) in [5.74, 6) is 0.615. The Morgan fingerprint density at radius 2 is 2.00 bits per heavy atom. The fourth-order valence-electron chi connectivity index (χ4n) is 1.46. The summed E-state index contributed by atoms with van der Waals surface area (Å²) < 4.78 is 22.5. The lowest BCUT2D eigenvalue weighted by Gasteiger charge is -2.12. The molecule has 96 valence electrons. The van der Waals surface area contributed by atoms with Crippen molar-refractivity contribution in [2.24, 2.45) is 11.1 Å². The Hall–Kier alpha value is -1.07. The summed E-state index contributed by atoms with van der Waals surface area (Å²) in [6.07, 6.45) is 1.04. The molecule has 0 fully saturated rings. The van der Waals surface area contributed by atoms with Gasteiger partial charge in [0.25, 0.3) is 0 Å². The lowest BCUT2D eigenvalue weighted by atomic mass is 10.1. The van der Waals surface area contributed by atoms with E-state index in [0.717, 1.165) is 24.2 Å². The molecule has 0 aliphatic rings. The molecule has 0 amide bonds. The van der Waals surface area contributed by atoms with Crippen molar-refractivity contribution in [2.75, 3.05) is 11.9 Å². The number of rotatable bonds is 5. The molecule has 4 nitrogen and oxygen atoms in total. The highest BCUT2D eigenvalue weighted by atomic mass is 32.2. The van der Waals surface area contributed by atoms with Gasteiger partial charge in [0, 0.05) is 12.2 Å². The van der Waals surface area contributed by atoms with Gasteiger partial charge in [-0.25, -0.2) is 13.6 Å². The highest BCUT2D eigenvalue weighted by Gasteiger charge is 2.09. The van der Waals surface area contributed by atoms with Crippen LogP contribution in [0.1, 0.15) is 25.8 Å². The summed E-state index contributed by atoms with van der Waals surface area (Å²) in [7, 11) is -3.62. The first-order chi connectivity index (χ1) is 7.80. The normalized spacial score (nSPS) is 11.8. The SMILES string of the molecule is Cc1ccc(S(N)(=O)=O)cc1NCCC(C)C. The zero-order valence-corrected chi connectivity index (χ0v) is 11.3. The van der Waals surface area contributed by atoms with Crippen molar-refractivity contribution in [3.05, 3.63) is 23.8 Å². The molecule has 0 heterocycles. The number of primary sulfonamides is 1. The first-order valence-corrected chi connectivity index (χ1v) is 7.22. The van der Waals surface area contributed by atoms with Gasteiger partial charge in [0.15, 0.2) is 0 Å². The number of nitrogens with two attached hydrogens (primary N) is 1. The predicted molar refractivity (Wildman–Crippen MR) is 70.5 cm³/mol. The number of aryl methyl sites for hydroxylation is 1. The molecule has 0 aliphatic heterocycles. The average molecular weight is 256 g/mol. The molecule has 0 saturated heterocycles. The molecule has 0 unspecified atom stereocenters. The topological polar surface area (TPSA) is 72.2 Å². The Morgan fingerprint density at radius 3 is 2.53 bits per heavy atom. The smallest absolute Gasteiger partial charge is 0.238 e. The van der Waals surface area contributed by atoms with E-state index in [0.29, 0.717) is 5.92 Å². The van der Waals surface area contributed by atoms with E-state index in [1.54, 1.807) is 12.1 Å². The van der Waals surface area contributed by atoms with E-state index in [1.165, 1.54) is 6.07 Å². The van der Waals surface area contributed by atoms with E-state index < -0.39 is 10.0 Å². The minimum Gasteiger partial charge on any atom is -0.385 e. The van der Waals surface area contributed by atoms with Gasteiger partial charge in [-0.2, -0.15) is 0 Å². The van der Waals surface area contributed by atoms with Crippen molar-refractivity contribution in [2.45, 2.75) is 32.1 Å². The summed E-state index contributed by atoms with van der Waals surface area (Å²) in [6, 6.07) is 4.88. The Bertz CT molecular complexity index is 481. The van der Waals surface area contributed by atoms with Crippen LogP contribution < -0.4 is 10.5 Å². The maximum atomic E-state index is 11.2. The molecule has 1 rings (SSSR count). The second kappa shape index (κ2) is 5.51. The van der Waals surface area contributed by atoms with Crippen molar-refractivity contribution < 1.29 is 8.42 Å². The van der Waals surface area contributed by atoms with Gasteiger partial charge in [-0.05, 0) is 37.0 Å². The molecule has 0 aliphatic carbocycles. The molecular formula is C12H20N2O2S. The van der Waals surface area contributed by atoms with E-state index in [4.69, 9.17) is 5.14 Å². The van der Waals surface area contributed by atoms with E-state index in [1.807, 2.05) is 6.92 Å². The molecule has 0 radical (unpaired) electrons. The van der Waals surface area contributed by atoms with Crippen LogP contribution in [0.2, 0.25) is 0 Å². The van der Waals surface area contributed by atoms with Crippen LogP contribution in [-0.4, -0.2) is 15.0 Å². The molecule has 0 spiro atoms. The number of nitrogens with one attached hydrogen (secondary N) is 1. The van der Waals surface area contributed by atoms with Gasteiger partial charge in [0.2, 0.25) is 10.0 Å². The molecule has 5 heteroatoms. The van der Waals surface area contributed by atoms with E-state index in [-0.39, 0.29) is 4.90 Å². The Morgan fingerprint density at radius 1 is 1.35 bits per heavy atom. The Labute approximate surface area is 103 Å². The van der Waals surface area contributed by atoms with Gasteiger partial charge >= 0.3 is 0 Å². The average Bonchev–Trinajstić information content (AvgIpc) is 2.18. The highest BCUT2D eigenvalue weighted by Crippen LogP contribution is 2.19. The lowest BCUT2D eigenvalue weighted by Crippen LogP contribution is -2.13. The lowest BCUT2D eigenvalue weighted by molar-refractivity contribution is 0.597. The molecule has 17 heavy (non-hydrogen) atoms. The molecule has 0 bridgehead atoms. The summed E-state index contributed by atoms with van der Waals surface area (Å²) in [5.41, 5.74) is 1.85. The largest absolute Gasteiger partial charge is 0.385 e. The number of sulfonamides is 1. The summed E-state index contributed by atoms with van der Waals surface area (Å²) in [4.78, 5) is 0.148. The minimum absolute atomic E-state index is 0.148. The zero-order valence-electron chi connectivity index (χ0n) is 10.5. The van der Waals surface area contributed by atoms with Gasteiger partial charge in [0.05, 0.1) is 4.90 Å². The molecule has 0 atom stereocenters. The number of hydrogen-bond acceptors (Lipinski definition) is 3. The molecule has 1 aromatic rings. The van der Waals surface area contributed by atoms with Gasteiger partial charge in [0.1, 0.15) is 0 Å². The second-order valence-electron chi connectivity index (χ2n) is 4.63. The van der Waals surface area contributed by atoms with E-state index >= 15 is 0 Å². The summed E-state index contributed by atoms with van der Waals surface area (Å²) >= 11 is 0. The van der Waals surface area contributed by atoms with Crippen LogP contribution >= 0.6 is 0 Å². The number of hydrogen-bond donors (Lipinski definition) is 2. The quantitative estimate of drug-likeness (QED) is 0.847. The zero-order chi connectivity index (χ0) is 13.1. The monoisotopic (exact) mass is 256 g/mol. The minimum atomic E-state index is -3.62. The van der Waals surface area contributed by atoms with Crippen molar-refractivity contribution in [1.82, 2.24) is 0 Å². The predicted octanol–water partition coefficient (Wildman–Crippen LogP) is 2.10. The first kappa shape index (κ1) is 14.0. The number of anilines is 1.